The van der Waals surface area contributed by atoms with Crippen molar-refractivity contribution >= 4 is 5.96 Å². The molecule has 2 aromatic rings. The second-order valence-electron chi connectivity index (χ2n) is 6.21. The predicted octanol–water partition coefficient (Wildman–Crippen LogP) is 3.14. The highest BCUT2D eigenvalue weighted by atomic mass is 19.1. The van der Waals surface area contributed by atoms with Crippen molar-refractivity contribution in [2.24, 2.45) is 4.99 Å². The van der Waals surface area contributed by atoms with Crippen LogP contribution in [-0.2, 0) is 12.8 Å². The third kappa shape index (κ3) is 6.16. The van der Waals surface area contributed by atoms with Gasteiger partial charge in [0.05, 0.1) is 14.2 Å². The zero-order chi connectivity index (χ0) is 19.6. The molecule has 0 radical (unpaired) electrons. The molecule has 27 heavy (non-hydrogen) atoms. The van der Waals surface area contributed by atoms with Gasteiger partial charge in [0.25, 0.3) is 0 Å². The van der Waals surface area contributed by atoms with E-state index in [-0.39, 0.29) is 5.82 Å². The maximum atomic E-state index is 13.2. The Labute approximate surface area is 160 Å². The maximum Gasteiger partial charge on any atom is 0.193 e. The van der Waals surface area contributed by atoms with Crippen LogP contribution in [0.1, 0.15) is 11.1 Å². The van der Waals surface area contributed by atoms with E-state index in [2.05, 4.69) is 15.2 Å². The van der Waals surface area contributed by atoms with Gasteiger partial charge in [-0.05, 0) is 48.2 Å². The first-order valence-corrected chi connectivity index (χ1v) is 8.94. The van der Waals surface area contributed by atoms with Gasteiger partial charge in [-0.2, -0.15) is 0 Å². The number of likely N-dealkylation sites (N-methyl/N-ethyl adjacent to an activating group) is 1. The summed E-state index contributed by atoms with van der Waals surface area (Å²) in [4.78, 5) is 6.39. The molecule has 146 valence electrons. The first-order valence-electron chi connectivity index (χ1n) is 8.94. The summed E-state index contributed by atoms with van der Waals surface area (Å²) in [6, 6.07) is 12.6. The number of aliphatic imine (C=N–C) groups is 1. The number of benzene rings is 2. The van der Waals surface area contributed by atoms with Crippen LogP contribution in [-0.4, -0.2) is 52.3 Å². The second kappa shape index (κ2) is 10.4. The molecule has 5 nitrogen and oxygen atoms in total. The smallest absolute Gasteiger partial charge is 0.193 e. The van der Waals surface area contributed by atoms with Gasteiger partial charge in [-0.1, -0.05) is 18.2 Å². The van der Waals surface area contributed by atoms with Crippen molar-refractivity contribution in [1.82, 2.24) is 10.2 Å². The number of hydrogen-bond donors (Lipinski definition) is 1. The van der Waals surface area contributed by atoms with Crippen molar-refractivity contribution in [3.63, 3.8) is 0 Å². The van der Waals surface area contributed by atoms with Gasteiger partial charge in [0.1, 0.15) is 5.82 Å². The maximum absolute atomic E-state index is 13.2. The normalized spacial score (nSPS) is 11.2. The molecule has 0 aliphatic heterocycles. The monoisotopic (exact) mass is 373 g/mol. The molecule has 2 aromatic carbocycles. The molecule has 0 aliphatic rings. The Morgan fingerprint density at radius 2 is 1.78 bits per heavy atom. The Balaban J connectivity index is 1.85. The van der Waals surface area contributed by atoms with Gasteiger partial charge < -0.3 is 19.7 Å². The number of hydrogen-bond acceptors (Lipinski definition) is 3. The quantitative estimate of drug-likeness (QED) is 0.570. The first kappa shape index (κ1) is 20.6. The molecule has 0 spiro atoms. The fraction of sp³-hybridized carbons (Fsp3) is 0.381. The van der Waals surface area contributed by atoms with Crippen molar-refractivity contribution < 1.29 is 13.9 Å². The minimum atomic E-state index is -0.205. The van der Waals surface area contributed by atoms with Crippen LogP contribution in [0.15, 0.2) is 47.5 Å². The van der Waals surface area contributed by atoms with Crippen LogP contribution in [0.3, 0.4) is 0 Å². The number of ether oxygens (including phenoxy) is 2. The molecule has 2 rings (SSSR count). The minimum Gasteiger partial charge on any atom is -0.493 e. The van der Waals surface area contributed by atoms with E-state index in [4.69, 9.17) is 9.47 Å². The zero-order valence-corrected chi connectivity index (χ0v) is 16.5. The Morgan fingerprint density at radius 1 is 1.04 bits per heavy atom. The van der Waals surface area contributed by atoms with Gasteiger partial charge in [0.2, 0.25) is 0 Å². The van der Waals surface area contributed by atoms with Gasteiger partial charge in [-0.15, -0.1) is 0 Å². The van der Waals surface area contributed by atoms with E-state index < -0.39 is 0 Å². The molecular weight excluding hydrogens is 345 g/mol. The van der Waals surface area contributed by atoms with E-state index in [9.17, 15) is 4.39 Å². The second-order valence-corrected chi connectivity index (χ2v) is 6.21. The van der Waals surface area contributed by atoms with Gasteiger partial charge in [-0.3, -0.25) is 4.99 Å². The third-order valence-electron chi connectivity index (χ3n) is 4.34. The van der Waals surface area contributed by atoms with Crippen LogP contribution >= 0.6 is 0 Å². The Hall–Kier alpha value is -2.76. The van der Waals surface area contributed by atoms with Crippen molar-refractivity contribution in [2.45, 2.75) is 12.8 Å². The van der Waals surface area contributed by atoms with Crippen LogP contribution in [0.2, 0.25) is 0 Å². The van der Waals surface area contributed by atoms with E-state index in [0.717, 1.165) is 48.0 Å². The van der Waals surface area contributed by atoms with E-state index in [1.54, 1.807) is 33.4 Å². The summed E-state index contributed by atoms with van der Waals surface area (Å²) in [5.41, 5.74) is 2.13. The van der Waals surface area contributed by atoms with Gasteiger partial charge in [0, 0.05) is 27.2 Å². The Bertz CT molecular complexity index is 765. The molecule has 0 heterocycles. The SMILES string of the molecule is CN=C(NCCc1cccc(F)c1)N(C)CCc1ccc(OC)c(OC)c1. The number of guanidine groups is 1. The van der Waals surface area contributed by atoms with Gasteiger partial charge >= 0.3 is 0 Å². The summed E-state index contributed by atoms with van der Waals surface area (Å²) in [5, 5.41) is 3.32. The Kier molecular flexibility index (Phi) is 7.92. The van der Waals surface area contributed by atoms with Crippen molar-refractivity contribution in [2.75, 3.05) is 41.4 Å². The molecule has 0 aliphatic carbocycles. The molecule has 0 atom stereocenters. The summed E-state index contributed by atoms with van der Waals surface area (Å²) >= 11 is 0. The third-order valence-corrected chi connectivity index (χ3v) is 4.34. The average Bonchev–Trinajstić information content (AvgIpc) is 2.69. The van der Waals surface area contributed by atoms with Gasteiger partial charge in [0.15, 0.2) is 17.5 Å². The predicted molar refractivity (Wildman–Crippen MR) is 107 cm³/mol. The molecule has 0 fully saturated rings. The molecule has 0 amide bonds. The molecule has 0 saturated carbocycles. The van der Waals surface area contributed by atoms with Crippen molar-refractivity contribution in [1.29, 1.82) is 0 Å². The molecule has 6 heteroatoms. The topological polar surface area (TPSA) is 46.1 Å². The Morgan fingerprint density at radius 3 is 2.44 bits per heavy atom. The molecule has 0 unspecified atom stereocenters. The van der Waals surface area contributed by atoms with E-state index in [0.29, 0.717) is 6.54 Å². The number of nitrogens with one attached hydrogen (secondary N) is 1. The van der Waals surface area contributed by atoms with Crippen LogP contribution in [0.25, 0.3) is 0 Å². The highest BCUT2D eigenvalue weighted by Gasteiger charge is 2.08. The molecule has 0 aromatic heterocycles. The van der Waals surface area contributed by atoms with E-state index >= 15 is 0 Å². The van der Waals surface area contributed by atoms with Gasteiger partial charge in [-0.25, -0.2) is 4.39 Å². The standard InChI is InChI=1S/C21H28FN3O2/c1-23-21(24-12-10-16-6-5-7-18(22)14-16)25(2)13-11-17-8-9-19(26-3)20(15-17)27-4/h5-9,14-15H,10-13H2,1-4H3,(H,23,24). The lowest BCUT2D eigenvalue weighted by atomic mass is 10.1. The van der Waals surface area contributed by atoms with Crippen LogP contribution in [0.4, 0.5) is 4.39 Å². The highest BCUT2D eigenvalue weighted by Crippen LogP contribution is 2.27. The minimum absolute atomic E-state index is 0.205. The van der Waals surface area contributed by atoms with E-state index in [1.807, 2.05) is 31.3 Å². The number of halogens is 1. The largest absolute Gasteiger partial charge is 0.493 e. The molecule has 0 saturated heterocycles. The van der Waals surface area contributed by atoms with Crippen LogP contribution in [0, 0.1) is 5.82 Å². The summed E-state index contributed by atoms with van der Waals surface area (Å²) in [6.45, 7) is 1.49. The number of rotatable bonds is 8. The average molecular weight is 373 g/mol. The lowest BCUT2D eigenvalue weighted by molar-refractivity contribution is 0.354. The first-order chi connectivity index (χ1) is 13.1. The summed E-state index contributed by atoms with van der Waals surface area (Å²) in [6.07, 6.45) is 1.59. The number of methoxy groups -OCH3 is 2. The van der Waals surface area contributed by atoms with Crippen molar-refractivity contribution in [3.05, 3.63) is 59.4 Å². The lowest BCUT2D eigenvalue weighted by Gasteiger charge is -2.22. The summed E-state index contributed by atoms with van der Waals surface area (Å²) in [5.74, 6) is 2.07. The summed E-state index contributed by atoms with van der Waals surface area (Å²) < 4.78 is 23.9. The van der Waals surface area contributed by atoms with Crippen LogP contribution in [0.5, 0.6) is 11.5 Å². The highest BCUT2D eigenvalue weighted by molar-refractivity contribution is 5.79. The van der Waals surface area contributed by atoms with Crippen molar-refractivity contribution in [3.8, 4) is 11.5 Å². The fourth-order valence-electron chi connectivity index (χ4n) is 2.83. The molecule has 0 bridgehead atoms. The molecule has 1 N–H and O–H groups in total. The number of nitrogens with zero attached hydrogens (tertiary/aromatic N) is 2. The zero-order valence-electron chi connectivity index (χ0n) is 16.5. The fourth-order valence-corrected chi connectivity index (χ4v) is 2.83. The van der Waals surface area contributed by atoms with Crippen LogP contribution < -0.4 is 14.8 Å². The summed E-state index contributed by atoms with van der Waals surface area (Å²) in [7, 11) is 7.03. The molecular formula is C21H28FN3O2. The van der Waals surface area contributed by atoms with E-state index in [1.165, 1.54) is 6.07 Å². The lowest BCUT2D eigenvalue weighted by Crippen LogP contribution is -2.40.